The molecule has 0 aliphatic heterocycles. The zero-order chi connectivity index (χ0) is 31.3. The molecule has 1 aliphatic carbocycles. The number of thiophene rings is 1. The van der Waals surface area contributed by atoms with E-state index in [0.717, 1.165) is 38.5 Å². The monoisotopic (exact) mass is 619 g/mol. The summed E-state index contributed by atoms with van der Waals surface area (Å²) >= 11 is 1.77. The van der Waals surface area contributed by atoms with E-state index in [-0.39, 0.29) is 5.41 Å². The van der Waals surface area contributed by atoms with Crippen molar-refractivity contribution in [3.63, 3.8) is 0 Å². The summed E-state index contributed by atoms with van der Waals surface area (Å²) < 4.78 is 4.79. The third-order valence-corrected chi connectivity index (χ3v) is 11.2. The number of aromatic nitrogens is 3. The van der Waals surface area contributed by atoms with Crippen molar-refractivity contribution in [2.45, 2.75) is 19.3 Å². The molecule has 0 bridgehead atoms. The number of benzene rings is 6. The van der Waals surface area contributed by atoms with E-state index in [0.29, 0.717) is 0 Å². The molecule has 0 fully saturated rings. The van der Waals surface area contributed by atoms with Gasteiger partial charge in [0.2, 0.25) is 0 Å². The van der Waals surface area contributed by atoms with Crippen LogP contribution in [-0.4, -0.2) is 14.5 Å². The van der Waals surface area contributed by atoms with Crippen LogP contribution in [0.1, 0.15) is 25.0 Å². The van der Waals surface area contributed by atoms with Crippen molar-refractivity contribution < 1.29 is 0 Å². The smallest absolute Gasteiger partial charge is 0.160 e. The lowest BCUT2D eigenvalue weighted by molar-refractivity contribution is 0.661. The molecule has 47 heavy (non-hydrogen) atoms. The van der Waals surface area contributed by atoms with Crippen LogP contribution in [0.15, 0.2) is 140 Å². The molecule has 4 heteroatoms. The average molecular weight is 620 g/mol. The van der Waals surface area contributed by atoms with Gasteiger partial charge in [0.1, 0.15) is 0 Å². The molecule has 6 aromatic carbocycles. The number of hydrogen-bond acceptors (Lipinski definition) is 3. The van der Waals surface area contributed by atoms with Gasteiger partial charge in [-0.15, -0.1) is 11.3 Å². The van der Waals surface area contributed by atoms with Crippen LogP contribution in [0.3, 0.4) is 0 Å². The van der Waals surface area contributed by atoms with Crippen LogP contribution >= 0.6 is 11.3 Å². The maximum Gasteiger partial charge on any atom is 0.160 e. The highest BCUT2D eigenvalue weighted by atomic mass is 32.1. The van der Waals surface area contributed by atoms with Gasteiger partial charge < -0.3 is 4.57 Å². The largest absolute Gasteiger partial charge is 0.309 e. The quantitative estimate of drug-likeness (QED) is 0.197. The van der Waals surface area contributed by atoms with E-state index in [2.05, 4.69) is 152 Å². The molecule has 0 spiro atoms. The summed E-state index contributed by atoms with van der Waals surface area (Å²) in [6.45, 7) is 4.71. The Kier molecular flexibility index (Phi) is 5.50. The highest BCUT2D eigenvalue weighted by molar-refractivity contribution is 7.26. The summed E-state index contributed by atoms with van der Waals surface area (Å²) in [6.07, 6.45) is 0. The first-order valence-corrected chi connectivity index (χ1v) is 16.9. The Morgan fingerprint density at radius 3 is 2.13 bits per heavy atom. The van der Waals surface area contributed by atoms with E-state index in [1.54, 1.807) is 11.3 Å². The summed E-state index contributed by atoms with van der Waals surface area (Å²) in [5, 5.41) is 3.68. The van der Waals surface area contributed by atoms with Crippen LogP contribution in [-0.2, 0) is 5.41 Å². The van der Waals surface area contributed by atoms with Gasteiger partial charge >= 0.3 is 0 Å². The first kappa shape index (κ1) is 26.6. The third kappa shape index (κ3) is 3.73. The van der Waals surface area contributed by atoms with Crippen LogP contribution < -0.4 is 0 Å². The summed E-state index contributed by atoms with van der Waals surface area (Å²) in [5.41, 5.74) is 12.9. The van der Waals surface area contributed by atoms with E-state index in [9.17, 15) is 0 Å². The second-order valence-electron chi connectivity index (χ2n) is 13.0. The molecule has 222 valence electrons. The van der Waals surface area contributed by atoms with Gasteiger partial charge in [-0.2, -0.15) is 0 Å². The van der Waals surface area contributed by atoms with Gasteiger partial charge in [0.25, 0.3) is 0 Å². The standard InChI is InChI=1S/C43H29N3S/c1-43(2)33-20-10-6-16-27(33)31-24-32-28-17-7-11-21-35(28)46(37(32)25-34(31)43)36-22-12-8-18-29(36)39-41-40(30-19-9-13-23-38(30)47-41)45-42(44-39)26-14-4-3-5-15-26/h3-25H,1-2H3. The summed E-state index contributed by atoms with van der Waals surface area (Å²) in [6, 6.07) is 50.3. The van der Waals surface area contributed by atoms with Crippen LogP contribution in [0.25, 0.3) is 81.6 Å². The molecule has 0 amide bonds. The van der Waals surface area contributed by atoms with E-state index in [1.165, 1.54) is 54.1 Å². The third-order valence-electron chi connectivity index (χ3n) is 10.0. The van der Waals surface area contributed by atoms with Crippen molar-refractivity contribution in [2.75, 3.05) is 0 Å². The Labute approximate surface area is 276 Å². The number of rotatable bonds is 3. The molecule has 9 aromatic rings. The van der Waals surface area contributed by atoms with Gasteiger partial charge in [-0.1, -0.05) is 123 Å². The highest BCUT2D eigenvalue weighted by Crippen LogP contribution is 2.51. The maximum absolute atomic E-state index is 5.36. The predicted molar refractivity (Wildman–Crippen MR) is 198 cm³/mol. The average Bonchev–Trinajstić information content (AvgIpc) is 3.73. The van der Waals surface area contributed by atoms with Gasteiger partial charge in [0.05, 0.1) is 32.6 Å². The van der Waals surface area contributed by atoms with Gasteiger partial charge in [-0.05, 0) is 52.6 Å². The van der Waals surface area contributed by atoms with Crippen molar-refractivity contribution in [2.24, 2.45) is 0 Å². The van der Waals surface area contributed by atoms with Crippen LogP contribution in [0.2, 0.25) is 0 Å². The lowest BCUT2D eigenvalue weighted by atomic mass is 9.82. The minimum absolute atomic E-state index is 0.0958. The Morgan fingerprint density at radius 1 is 0.553 bits per heavy atom. The lowest BCUT2D eigenvalue weighted by Crippen LogP contribution is -2.15. The van der Waals surface area contributed by atoms with Gasteiger partial charge in [0.15, 0.2) is 5.82 Å². The Bertz CT molecular complexity index is 2710. The van der Waals surface area contributed by atoms with E-state index in [4.69, 9.17) is 9.97 Å². The second-order valence-corrected chi connectivity index (χ2v) is 14.0. The fourth-order valence-corrected chi connectivity index (χ4v) is 8.93. The van der Waals surface area contributed by atoms with Crippen molar-refractivity contribution >= 4 is 53.4 Å². The molecule has 0 N–H and O–H groups in total. The van der Waals surface area contributed by atoms with Gasteiger partial charge in [-0.25, -0.2) is 9.97 Å². The fourth-order valence-electron chi connectivity index (χ4n) is 7.78. The Balaban J connectivity index is 1.30. The Hall–Kier alpha value is -5.58. The summed E-state index contributed by atoms with van der Waals surface area (Å²) in [5.74, 6) is 0.742. The second kappa shape index (κ2) is 9.71. The van der Waals surface area contributed by atoms with Crippen molar-refractivity contribution in [3.05, 3.63) is 151 Å². The first-order valence-electron chi connectivity index (χ1n) is 16.1. The minimum atomic E-state index is -0.0958. The normalized spacial score (nSPS) is 13.5. The Morgan fingerprint density at radius 2 is 1.26 bits per heavy atom. The van der Waals surface area contributed by atoms with Crippen LogP contribution in [0, 0.1) is 0 Å². The maximum atomic E-state index is 5.36. The van der Waals surface area contributed by atoms with E-state index < -0.39 is 0 Å². The number of para-hydroxylation sites is 2. The van der Waals surface area contributed by atoms with Crippen LogP contribution in [0.4, 0.5) is 0 Å². The lowest BCUT2D eigenvalue weighted by Gasteiger charge is -2.22. The highest BCUT2D eigenvalue weighted by Gasteiger charge is 2.36. The van der Waals surface area contributed by atoms with Crippen molar-refractivity contribution in [3.8, 4) is 39.5 Å². The summed E-state index contributed by atoms with van der Waals surface area (Å²) in [4.78, 5) is 10.5. The number of hydrogen-bond donors (Lipinski definition) is 0. The number of fused-ring (bicyclic) bond motifs is 9. The molecular weight excluding hydrogens is 591 g/mol. The zero-order valence-corrected chi connectivity index (χ0v) is 26.8. The molecule has 3 aromatic heterocycles. The molecule has 0 saturated heterocycles. The molecule has 0 radical (unpaired) electrons. The van der Waals surface area contributed by atoms with Gasteiger partial charge in [-0.3, -0.25) is 0 Å². The summed E-state index contributed by atoms with van der Waals surface area (Å²) in [7, 11) is 0. The van der Waals surface area contributed by atoms with Crippen LogP contribution in [0.5, 0.6) is 0 Å². The molecule has 0 atom stereocenters. The molecular formula is C43H29N3S. The molecule has 3 nitrogen and oxygen atoms in total. The molecule has 0 unspecified atom stereocenters. The predicted octanol–water partition coefficient (Wildman–Crippen LogP) is 11.6. The molecule has 1 aliphatic rings. The molecule has 10 rings (SSSR count). The van der Waals surface area contributed by atoms with Crippen molar-refractivity contribution in [1.82, 2.24) is 14.5 Å². The molecule has 3 heterocycles. The van der Waals surface area contributed by atoms with E-state index in [1.807, 2.05) is 6.07 Å². The zero-order valence-electron chi connectivity index (χ0n) is 26.0. The first-order chi connectivity index (χ1) is 23.1. The number of nitrogens with zero attached hydrogens (tertiary/aromatic N) is 3. The van der Waals surface area contributed by atoms with Crippen molar-refractivity contribution in [1.29, 1.82) is 0 Å². The SMILES string of the molecule is CC1(C)c2ccccc2-c2cc3c4ccccc4n(-c4ccccc4-c4nc(-c5ccccc5)nc5c4sc4ccccc45)c3cc21. The van der Waals surface area contributed by atoms with E-state index >= 15 is 0 Å². The topological polar surface area (TPSA) is 30.7 Å². The fraction of sp³-hybridized carbons (Fsp3) is 0.0698. The molecule has 0 saturated carbocycles. The minimum Gasteiger partial charge on any atom is -0.309 e. The van der Waals surface area contributed by atoms with Gasteiger partial charge in [0, 0.05) is 37.4 Å².